The molecule has 0 aliphatic carbocycles. The molecule has 1 aromatic rings. The molecule has 0 aromatic carbocycles. The lowest BCUT2D eigenvalue weighted by atomic mass is 10.3. The molecule has 12 heavy (non-hydrogen) atoms. The molecule has 0 atom stereocenters. The average Bonchev–Trinajstić information content (AvgIpc) is 1.96. The van der Waals surface area contributed by atoms with Crippen molar-refractivity contribution in [2.24, 2.45) is 0 Å². The van der Waals surface area contributed by atoms with Crippen molar-refractivity contribution in [1.82, 2.24) is 4.98 Å². The van der Waals surface area contributed by atoms with E-state index in [-0.39, 0.29) is 11.5 Å². The van der Waals surface area contributed by atoms with Crippen LogP contribution in [-0.4, -0.2) is 10.1 Å². The number of aromatic hydroxyl groups is 1. The lowest BCUT2D eigenvalue weighted by Gasteiger charge is -2.05. The van der Waals surface area contributed by atoms with Crippen molar-refractivity contribution in [2.45, 2.75) is 6.43 Å². The first kappa shape index (κ1) is 8.51. The van der Waals surface area contributed by atoms with Crippen LogP contribution in [0.25, 0.3) is 0 Å². The van der Waals surface area contributed by atoms with Gasteiger partial charge >= 0.3 is 0 Å². The molecular formula is C6H7F2N3O. The fourth-order valence-corrected chi connectivity index (χ4v) is 0.752. The van der Waals surface area contributed by atoms with Gasteiger partial charge in [-0.05, 0) is 0 Å². The molecule has 1 aromatic heterocycles. The number of nitrogens with zero attached hydrogens (tertiary/aromatic N) is 1. The molecule has 66 valence electrons. The van der Waals surface area contributed by atoms with Gasteiger partial charge < -0.3 is 16.6 Å². The third-order valence-corrected chi connectivity index (χ3v) is 1.28. The summed E-state index contributed by atoms with van der Waals surface area (Å²) in [5.41, 5.74) is 9.31. The van der Waals surface area contributed by atoms with Gasteiger partial charge in [-0.25, -0.2) is 13.8 Å². The number of anilines is 2. The summed E-state index contributed by atoms with van der Waals surface area (Å²) in [6.07, 6.45) is -2.88. The van der Waals surface area contributed by atoms with Crippen molar-refractivity contribution in [1.29, 1.82) is 0 Å². The Labute approximate surface area is 66.8 Å². The van der Waals surface area contributed by atoms with Crippen molar-refractivity contribution in [3.8, 4) is 5.75 Å². The summed E-state index contributed by atoms with van der Waals surface area (Å²) in [4.78, 5) is 3.23. The third-order valence-electron chi connectivity index (χ3n) is 1.28. The van der Waals surface area contributed by atoms with Crippen molar-refractivity contribution in [3.63, 3.8) is 0 Å². The van der Waals surface area contributed by atoms with Crippen molar-refractivity contribution >= 4 is 11.5 Å². The maximum Gasteiger partial charge on any atom is 0.284 e. The van der Waals surface area contributed by atoms with Gasteiger partial charge in [0.05, 0.1) is 5.69 Å². The van der Waals surface area contributed by atoms with E-state index in [0.717, 1.165) is 6.07 Å². The lowest BCUT2D eigenvalue weighted by molar-refractivity contribution is 0.142. The number of nitrogens with two attached hydrogens (primary N) is 2. The number of hydrogen-bond acceptors (Lipinski definition) is 4. The Morgan fingerprint density at radius 1 is 1.42 bits per heavy atom. The SMILES string of the molecule is Nc1cc(N)c(O)c(C(F)F)n1. The van der Waals surface area contributed by atoms with E-state index >= 15 is 0 Å². The minimum Gasteiger partial charge on any atom is -0.504 e. The second-order valence-corrected chi connectivity index (χ2v) is 2.17. The topological polar surface area (TPSA) is 85.2 Å². The van der Waals surface area contributed by atoms with E-state index in [4.69, 9.17) is 16.6 Å². The molecule has 0 aliphatic rings. The summed E-state index contributed by atoms with van der Waals surface area (Å²) in [6, 6.07) is 1.11. The molecule has 4 nitrogen and oxygen atoms in total. The molecule has 1 heterocycles. The van der Waals surface area contributed by atoms with Crippen LogP contribution in [0.5, 0.6) is 5.75 Å². The van der Waals surface area contributed by atoms with Crippen LogP contribution in [-0.2, 0) is 0 Å². The highest BCUT2D eigenvalue weighted by Gasteiger charge is 2.17. The second kappa shape index (κ2) is 2.80. The zero-order valence-electron chi connectivity index (χ0n) is 5.96. The molecule has 0 spiro atoms. The molecule has 1 rings (SSSR count). The van der Waals surface area contributed by atoms with Crippen LogP contribution in [0.3, 0.4) is 0 Å². The predicted molar refractivity (Wildman–Crippen MR) is 39.7 cm³/mol. The minimum absolute atomic E-state index is 0.138. The van der Waals surface area contributed by atoms with Crippen LogP contribution in [0.4, 0.5) is 20.3 Å². The average molecular weight is 175 g/mol. The van der Waals surface area contributed by atoms with Gasteiger partial charge in [-0.3, -0.25) is 0 Å². The maximum atomic E-state index is 12.1. The number of nitrogen functional groups attached to an aromatic ring is 2. The van der Waals surface area contributed by atoms with E-state index in [2.05, 4.69) is 4.98 Å². The Bertz CT molecular complexity index is 303. The van der Waals surface area contributed by atoms with Crippen LogP contribution >= 0.6 is 0 Å². The normalized spacial score (nSPS) is 10.6. The summed E-state index contributed by atoms with van der Waals surface area (Å²) in [5, 5.41) is 8.97. The Balaban J connectivity index is 3.28. The standard InChI is InChI=1S/C6H7F2N3O/c7-6(8)4-5(12)2(9)1-3(10)11-4/h1,6,12H,(H4,9,10,11). The number of halogens is 2. The van der Waals surface area contributed by atoms with E-state index < -0.39 is 17.9 Å². The molecule has 6 heteroatoms. The molecule has 0 aliphatic heterocycles. The highest BCUT2D eigenvalue weighted by molar-refractivity contribution is 5.59. The highest BCUT2D eigenvalue weighted by atomic mass is 19.3. The maximum absolute atomic E-state index is 12.1. The second-order valence-electron chi connectivity index (χ2n) is 2.17. The van der Waals surface area contributed by atoms with E-state index in [1.54, 1.807) is 0 Å². The molecular weight excluding hydrogens is 168 g/mol. The smallest absolute Gasteiger partial charge is 0.284 e. The van der Waals surface area contributed by atoms with Gasteiger partial charge in [-0.2, -0.15) is 0 Å². The minimum atomic E-state index is -2.88. The van der Waals surface area contributed by atoms with Crippen molar-refractivity contribution in [2.75, 3.05) is 11.5 Å². The van der Waals surface area contributed by atoms with Gasteiger partial charge in [0.1, 0.15) is 5.82 Å². The molecule has 0 saturated carbocycles. The zero-order chi connectivity index (χ0) is 9.30. The van der Waals surface area contributed by atoms with Gasteiger partial charge in [-0.15, -0.1) is 0 Å². The van der Waals surface area contributed by atoms with Crippen LogP contribution < -0.4 is 11.5 Å². The molecule has 0 saturated heterocycles. The van der Waals surface area contributed by atoms with E-state index in [1.807, 2.05) is 0 Å². The Hall–Kier alpha value is -1.59. The molecule has 0 unspecified atom stereocenters. The molecule has 0 radical (unpaired) electrons. The predicted octanol–water partition coefficient (Wildman–Crippen LogP) is 0.889. The van der Waals surface area contributed by atoms with Crippen molar-refractivity contribution in [3.05, 3.63) is 11.8 Å². The Kier molecular flexibility index (Phi) is 1.99. The summed E-state index contributed by atoms with van der Waals surface area (Å²) in [5.74, 6) is -0.847. The Morgan fingerprint density at radius 2 is 2.00 bits per heavy atom. The summed E-state index contributed by atoms with van der Waals surface area (Å²) >= 11 is 0. The fourth-order valence-electron chi connectivity index (χ4n) is 0.752. The van der Waals surface area contributed by atoms with Gasteiger partial charge in [-0.1, -0.05) is 0 Å². The fraction of sp³-hybridized carbons (Fsp3) is 0.167. The lowest BCUT2D eigenvalue weighted by Crippen LogP contribution is -2.00. The number of pyridine rings is 1. The quantitative estimate of drug-likeness (QED) is 0.591. The number of aromatic nitrogens is 1. The summed E-state index contributed by atoms with van der Waals surface area (Å²) < 4.78 is 24.1. The van der Waals surface area contributed by atoms with E-state index in [1.165, 1.54) is 0 Å². The first-order valence-electron chi connectivity index (χ1n) is 3.05. The van der Waals surface area contributed by atoms with Gasteiger partial charge in [0, 0.05) is 6.07 Å². The number of rotatable bonds is 1. The number of alkyl halides is 2. The molecule has 0 amide bonds. The largest absolute Gasteiger partial charge is 0.504 e. The van der Waals surface area contributed by atoms with Gasteiger partial charge in [0.15, 0.2) is 11.4 Å². The van der Waals surface area contributed by atoms with Crippen LogP contribution in [0.2, 0.25) is 0 Å². The monoisotopic (exact) mass is 175 g/mol. The summed E-state index contributed by atoms with van der Waals surface area (Å²) in [6.45, 7) is 0. The first-order chi connectivity index (χ1) is 5.52. The van der Waals surface area contributed by atoms with Gasteiger partial charge in [0.2, 0.25) is 0 Å². The molecule has 5 N–H and O–H groups in total. The van der Waals surface area contributed by atoms with E-state index in [9.17, 15) is 8.78 Å². The summed E-state index contributed by atoms with van der Waals surface area (Å²) in [7, 11) is 0. The molecule has 0 fully saturated rings. The van der Waals surface area contributed by atoms with E-state index in [0.29, 0.717) is 0 Å². The first-order valence-corrected chi connectivity index (χ1v) is 3.05. The van der Waals surface area contributed by atoms with Crippen LogP contribution in [0.1, 0.15) is 12.1 Å². The van der Waals surface area contributed by atoms with Gasteiger partial charge in [0.25, 0.3) is 6.43 Å². The van der Waals surface area contributed by atoms with Crippen LogP contribution in [0, 0.1) is 0 Å². The Morgan fingerprint density at radius 3 is 2.50 bits per heavy atom. The molecule has 0 bridgehead atoms. The number of hydrogen-bond donors (Lipinski definition) is 3. The van der Waals surface area contributed by atoms with Crippen LogP contribution in [0.15, 0.2) is 6.07 Å². The van der Waals surface area contributed by atoms with Crippen molar-refractivity contribution < 1.29 is 13.9 Å². The highest BCUT2D eigenvalue weighted by Crippen LogP contribution is 2.31. The third kappa shape index (κ3) is 1.36. The zero-order valence-corrected chi connectivity index (χ0v) is 5.96.